The number of hydrogen-bond donors (Lipinski definition) is 1. The molecule has 3 aromatic rings. The highest BCUT2D eigenvalue weighted by atomic mass is 35.5. The second-order valence-corrected chi connectivity index (χ2v) is 11.2. The SMILES string of the molecule is Cc1ccc(S(=O)(=O)N(CC(=O)Nc2ccc(N3CCCCC3)cc2)c2cccc(Cl)c2Cl)cc1. The molecule has 1 saturated heterocycles. The van der Waals surface area contributed by atoms with Gasteiger partial charge in [-0.15, -0.1) is 0 Å². The zero-order valence-electron chi connectivity index (χ0n) is 19.4. The summed E-state index contributed by atoms with van der Waals surface area (Å²) in [6.07, 6.45) is 3.61. The van der Waals surface area contributed by atoms with Gasteiger partial charge in [-0.2, -0.15) is 0 Å². The summed E-state index contributed by atoms with van der Waals surface area (Å²) in [7, 11) is -4.10. The molecule has 0 spiro atoms. The van der Waals surface area contributed by atoms with Crippen molar-refractivity contribution in [1.82, 2.24) is 0 Å². The number of carbonyl (C=O) groups is 1. The number of piperidine rings is 1. The highest BCUT2D eigenvalue weighted by Crippen LogP contribution is 2.35. The minimum atomic E-state index is -4.10. The molecule has 4 rings (SSSR count). The van der Waals surface area contributed by atoms with Gasteiger partial charge in [-0.1, -0.05) is 47.0 Å². The molecule has 184 valence electrons. The van der Waals surface area contributed by atoms with Crippen LogP contribution in [-0.4, -0.2) is 34.0 Å². The van der Waals surface area contributed by atoms with E-state index in [9.17, 15) is 13.2 Å². The van der Waals surface area contributed by atoms with Gasteiger partial charge in [0, 0.05) is 24.5 Å². The summed E-state index contributed by atoms with van der Waals surface area (Å²) >= 11 is 12.5. The Morgan fingerprint density at radius 3 is 2.26 bits per heavy atom. The maximum atomic E-state index is 13.6. The lowest BCUT2D eigenvalue weighted by Crippen LogP contribution is -2.38. The van der Waals surface area contributed by atoms with Gasteiger partial charge in [0.05, 0.1) is 20.6 Å². The van der Waals surface area contributed by atoms with Crippen LogP contribution in [0.2, 0.25) is 10.0 Å². The quantitative estimate of drug-likeness (QED) is 0.398. The number of nitrogens with one attached hydrogen (secondary N) is 1. The first-order valence-electron chi connectivity index (χ1n) is 11.4. The zero-order chi connectivity index (χ0) is 25.0. The van der Waals surface area contributed by atoms with Gasteiger partial charge in [0.1, 0.15) is 6.54 Å². The van der Waals surface area contributed by atoms with Gasteiger partial charge < -0.3 is 10.2 Å². The van der Waals surface area contributed by atoms with Crippen LogP contribution in [0.5, 0.6) is 0 Å². The van der Waals surface area contributed by atoms with Crippen molar-refractivity contribution >= 4 is 56.2 Å². The molecule has 3 aromatic carbocycles. The van der Waals surface area contributed by atoms with Crippen molar-refractivity contribution in [2.24, 2.45) is 0 Å². The predicted molar refractivity (Wildman–Crippen MR) is 143 cm³/mol. The van der Waals surface area contributed by atoms with Gasteiger partial charge in [0.15, 0.2) is 0 Å². The average molecular weight is 532 g/mol. The monoisotopic (exact) mass is 531 g/mol. The first-order valence-corrected chi connectivity index (χ1v) is 13.6. The number of benzene rings is 3. The first-order chi connectivity index (χ1) is 16.8. The van der Waals surface area contributed by atoms with Crippen LogP contribution in [0.4, 0.5) is 17.1 Å². The molecule has 0 atom stereocenters. The number of carbonyl (C=O) groups excluding carboxylic acids is 1. The van der Waals surface area contributed by atoms with E-state index in [0.717, 1.165) is 28.6 Å². The fraction of sp³-hybridized carbons (Fsp3) is 0.269. The predicted octanol–water partition coefficient (Wildman–Crippen LogP) is 6.13. The summed E-state index contributed by atoms with van der Waals surface area (Å²) in [4.78, 5) is 15.4. The van der Waals surface area contributed by atoms with Crippen LogP contribution in [0.25, 0.3) is 0 Å². The summed E-state index contributed by atoms with van der Waals surface area (Å²) in [6, 6.07) is 18.7. The fourth-order valence-corrected chi connectivity index (χ4v) is 5.94. The Balaban J connectivity index is 1.57. The number of aryl methyl sites for hydroxylation is 1. The first kappa shape index (κ1) is 25.4. The van der Waals surface area contributed by atoms with Gasteiger partial charge in [0.2, 0.25) is 5.91 Å². The molecule has 0 bridgehead atoms. The van der Waals surface area contributed by atoms with Gasteiger partial charge in [-0.25, -0.2) is 8.42 Å². The molecule has 0 unspecified atom stereocenters. The topological polar surface area (TPSA) is 69.7 Å². The van der Waals surface area contributed by atoms with Crippen LogP contribution in [0.3, 0.4) is 0 Å². The lowest BCUT2D eigenvalue weighted by atomic mass is 10.1. The second-order valence-electron chi connectivity index (χ2n) is 8.54. The van der Waals surface area contributed by atoms with Crippen LogP contribution in [0.1, 0.15) is 24.8 Å². The summed E-state index contributed by atoms with van der Waals surface area (Å²) in [5, 5.41) is 3.05. The van der Waals surface area contributed by atoms with Crippen LogP contribution in [-0.2, 0) is 14.8 Å². The van der Waals surface area contributed by atoms with Gasteiger partial charge >= 0.3 is 0 Å². The summed E-state index contributed by atoms with van der Waals surface area (Å²) in [6.45, 7) is 3.45. The third-order valence-electron chi connectivity index (χ3n) is 5.97. The van der Waals surface area contributed by atoms with Gasteiger partial charge in [-0.05, 0) is 74.7 Å². The lowest BCUT2D eigenvalue weighted by Gasteiger charge is -2.29. The van der Waals surface area contributed by atoms with Crippen LogP contribution < -0.4 is 14.5 Å². The molecule has 0 saturated carbocycles. The Kier molecular flexibility index (Phi) is 7.89. The molecule has 35 heavy (non-hydrogen) atoms. The smallest absolute Gasteiger partial charge is 0.264 e. The van der Waals surface area contributed by atoms with Crippen LogP contribution in [0.15, 0.2) is 71.6 Å². The van der Waals surface area contributed by atoms with E-state index in [4.69, 9.17) is 23.2 Å². The largest absolute Gasteiger partial charge is 0.372 e. The Labute approximate surface area is 216 Å². The van der Waals surface area contributed by atoms with Crippen molar-refractivity contribution in [3.8, 4) is 0 Å². The third kappa shape index (κ3) is 5.92. The number of anilines is 3. The molecule has 0 radical (unpaired) electrons. The van der Waals surface area contributed by atoms with E-state index in [2.05, 4.69) is 10.2 Å². The minimum absolute atomic E-state index is 0.0535. The molecule has 0 aliphatic carbocycles. The summed E-state index contributed by atoms with van der Waals surface area (Å²) in [5.41, 5.74) is 2.75. The van der Waals surface area contributed by atoms with E-state index in [1.54, 1.807) is 24.3 Å². The number of nitrogens with zero attached hydrogens (tertiary/aromatic N) is 2. The van der Waals surface area contributed by atoms with E-state index in [1.165, 1.54) is 37.5 Å². The molecule has 0 aromatic heterocycles. The van der Waals surface area contributed by atoms with Crippen molar-refractivity contribution in [3.63, 3.8) is 0 Å². The number of sulfonamides is 1. The maximum Gasteiger partial charge on any atom is 0.264 e. The maximum absolute atomic E-state index is 13.6. The number of rotatable bonds is 7. The molecule has 1 aliphatic rings. The molecule has 1 heterocycles. The standard InChI is InChI=1S/C26H27Cl2N3O3S/c1-19-8-14-22(15-9-19)35(33,34)31(24-7-5-6-23(27)26(24)28)18-25(32)29-20-10-12-21(13-11-20)30-16-3-2-4-17-30/h5-15H,2-4,16-18H2,1H3,(H,29,32). The highest BCUT2D eigenvalue weighted by molar-refractivity contribution is 7.92. The van der Waals surface area contributed by atoms with Gasteiger partial charge in [-0.3, -0.25) is 9.10 Å². The molecule has 9 heteroatoms. The van der Waals surface area contributed by atoms with Gasteiger partial charge in [0.25, 0.3) is 10.0 Å². The molecule has 1 fully saturated rings. The molecule has 1 N–H and O–H groups in total. The van der Waals surface area contributed by atoms with E-state index in [-0.39, 0.29) is 20.6 Å². The van der Waals surface area contributed by atoms with Crippen molar-refractivity contribution in [2.45, 2.75) is 31.1 Å². The molecule has 1 amide bonds. The molecule has 6 nitrogen and oxygen atoms in total. The van der Waals surface area contributed by atoms with Crippen molar-refractivity contribution in [1.29, 1.82) is 0 Å². The summed E-state index contributed by atoms with van der Waals surface area (Å²) < 4.78 is 28.1. The normalized spacial score (nSPS) is 14.0. The Hall–Kier alpha value is -2.74. The van der Waals surface area contributed by atoms with E-state index >= 15 is 0 Å². The lowest BCUT2D eigenvalue weighted by molar-refractivity contribution is -0.114. The second kappa shape index (κ2) is 10.9. The Bertz CT molecular complexity index is 1290. The van der Waals surface area contributed by atoms with Crippen LogP contribution in [0, 0.1) is 6.92 Å². The van der Waals surface area contributed by atoms with Crippen molar-refractivity contribution in [2.75, 3.05) is 34.2 Å². The van der Waals surface area contributed by atoms with Crippen molar-refractivity contribution in [3.05, 3.63) is 82.3 Å². The van der Waals surface area contributed by atoms with Crippen molar-refractivity contribution < 1.29 is 13.2 Å². The minimum Gasteiger partial charge on any atom is -0.372 e. The van der Waals surface area contributed by atoms with Crippen LogP contribution >= 0.6 is 23.2 Å². The number of amides is 1. The number of hydrogen-bond acceptors (Lipinski definition) is 4. The fourth-order valence-electron chi connectivity index (χ4n) is 4.06. The summed E-state index contributed by atoms with van der Waals surface area (Å²) in [5.74, 6) is -0.498. The van der Waals surface area contributed by atoms with E-state index in [0.29, 0.717) is 5.69 Å². The van der Waals surface area contributed by atoms with E-state index < -0.39 is 22.5 Å². The number of halogens is 2. The zero-order valence-corrected chi connectivity index (χ0v) is 21.7. The van der Waals surface area contributed by atoms with E-state index in [1.807, 2.05) is 31.2 Å². The Morgan fingerprint density at radius 1 is 0.943 bits per heavy atom. The third-order valence-corrected chi connectivity index (χ3v) is 8.55. The highest BCUT2D eigenvalue weighted by Gasteiger charge is 2.29. The molecular formula is C26H27Cl2N3O3S. The Morgan fingerprint density at radius 2 is 1.60 bits per heavy atom. The molecule has 1 aliphatic heterocycles. The average Bonchev–Trinajstić information content (AvgIpc) is 2.86. The molecular weight excluding hydrogens is 505 g/mol.